The number of nitrogens with two attached hydrogens (primary N) is 2. The average Bonchev–Trinajstić information content (AvgIpc) is 2.91. The minimum atomic E-state index is -1.26. The van der Waals surface area contributed by atoms with Crippen LogP contribution in [-0.4, -0.2) is 93.7 Å². The first-order valence-electron chi connectivity index (χ1n) is 14.1. The highest BCUT2D eigenvalue weighted by molar-refractivity contribution is 6.30. The number of primary amides is 1. The number of rotatable bonds is 13. The Balaban J connectivity index is 0.00000106. The number of amides is 3. The molecule has 13 nitrogen and oxygen atoms in total. The minimum absolute atomic E-state index is 0.0530. The van der Waals surface area contributed by atoms with Gasteiger partial charge in [0.2, 0.25) is 17.7 Å². The molecular formula is C30H46ClN5O8. The van der Waals surface area contributed by atoms with Crippen molar-refractivity contribution in [3.8, 4) is 0 Å². The predicted octanol–water partition coefficient (Wildman–Crippen LogP) is 1.46. The maximum Gasteiger partial charge on any atom is 0.328 e. The highest BCUT2D eigenvalue weighted by Gasteiger charge is 2.40. The quantitative estimate of drug-likeness (QED) is 0.171. The molecule has 1 aliphatic heterocycles. The molecule has 0 aromatic heterocycles. The van der Waals surface area contributed by atoms with Crippen molar-refractivity contribution in [3.05, 3.63) is 41.4 Å². The van der Waals surface area contributed by atoms with Crippen molar-refractivity contribution >= 4 is 46.9 Å². The number of aliphatic carboxylic acids is 2. The summed E-state index contributed by atoms with van der Waals surface area (Å²) in [5.74, 6) is -3.89. The maximum atomic E-state index is 13.0. The number of hydrogen-bond acceptors (Lipinski definition) is 8. The molecule has 1 aliphatic rings. The van der Waals surface area contributed by atoms with Gasteiger partial charge in [-0.05, 0) is 58.2 Å². The van der Waals surface area contributed by atoms with Crippen molar-refractivity contribution in [1.82, 2.24) is 10.2 Å². The first kappa shape index (κ1) is 38.5. The first-order valence-corrected chi connectivity index (χ1v) is 14.5. The third-order valence-electron chi connectivity index (χ3n) is 7.45. The number of nitrogens with zero attached hydrogens (tertiary/aromatic N) is 2. The average molecular weight is 640 g/mol. The summed E-state index contributed by atoms with van der Waals surface area (Å²) in [6.07, 6.45) is 0.326. The second-order valence-corrected chi connectivity index (χ2v) is 12.9. The number of halogens is 1. The lowest BCUT2D eigenvalue weighted by atomic mass is 9.86. The van der Waals surface area contributed by atoms with E-state index in [4.69, 9.17) is 33.3 Å². The molecule has 44 heavy (non-hydrogen) atoms. The summed E-state index contributed by atoms with van der Waals surface area (Å²) in [6, 6.07) is 6.54. The number of nitrogens with one attached hydrogen (secondary N) is 1. The fourth-order valence-corrected chi connectivity index (χ4v) is 4.58. The molecule has 1 saturated heterocycles. The minimum Gasteiger partial charge on any atom is -0.478 e. The summed E-state index contributed by atoms with van der Waals surface area (Å²) in [6.45, 7) is 12.2. The van der Waals surface area contributed by atoms with Gasteiger partial charge in [0.1, 0.15) is 0 Å². The van der Waals surface area contributed by atoms with Crippen LogP contribution in [0.3, 0.4) is 0 Å². The van der Waals surface area contributed by atoms with Crippen LogP contribution in [0.15, 0.2) is 36.4 Å². The van der Waals surface area contributed by atoms with Crippen LogP contribution < -0.4 is 21.7 Å². The molecule has 246 valence electrons. The number of benzene rings is 1. The molecule has 0 aliphatic carbocycles. The Morgan fingerprint density at radius 3 is 2.18 bits per heavy atom. The van der Waals surface area contributed by atoms with E-state index in [1.165, 1.54) is 0 Å². The molecule has 0 spiro atoms. The molecule has 3 atom stereocenters. The third kappa shape index (κ3) is 12.2. The first-order chi connectivity index (χ1) is 20.2. The highest BCUT2D eigenvalue weighted by Crippen LogP contribution is 2.29. The largest absolute Gasteiger partial charge is 0.478 e. The molecule has 1 aromatic rings. The van der Waals surface area contributed by atoms with Gasteiger partial charge in [0.25, 0.3) is 0 Å². The van der Waals surface area contributed by atoms with Crippen molar-refractivity contribution in [2.45, 2.75) is 65.6 Å². The molecule has 0 bridgehead atoms. The smallest absolute Gasteiger partial charge is 0.328 e. The van der Waals surface area contributed by atoms with Gasteiger partial charge in [0.15, 0.2) is 0 Å². The van der Waals surface area contributed by atoms with E-state index in [9.17, 15) is 29.1 Å². The lowest BCUT2D eigenvalue weighted by Crippen LogP contribution is -2.64. The van der Waals surface area contributed by atoms with E-state index >= 15 is 0 Å². The monoisotopic (exact) mass is 639 g/mol. The van der Waals surface area contributed by atoms with Crippen LogP contribution in [0.2, 0.25) is 5.02 Å². The summed E-state index contributed by atoms with van der Waals surface area (Å²) >= 11 is 6.12. The highest BCUT2D eigenvalue weighted by atomic mass is 35.5. The van der Waals surface area contributed by atoms with Crippen LogP contribution in [0, 0.1) is 17.3 Å². The van der Waals surface area contributed by atoms with E-state index in [2.05, 4.69) is 5.32 Å². The number of aliphatic hydroxyl groups excluding tert-OH is 1. The Morgan fingerprint density at radius 2 is 1.70 bits per heavy atom. The van der Waals surface area contributed by atoms with Gasteiger partial charge in [0, 0.05) is 60.0 Å². The molecule has 1 heterocycles. The Bertz CT molecular complexity index is 1200. The number of carbonyl (C=O) groups excluding carboxylic acids is 3. The summed E-state index contributed by atoms with van der Waals surface area (Å²) in [4.78, 5) is 60.2. The molecule has 3 amide bonds. The molecular weight excluding hydrogens is 594 g/mol. The predicted molar refractivity (Wildman–Crippen MR) is 167 cm³/mol. The number of carbonyl (C=O) groups is 5. The number of anilines is 1. The normalized spacial score (nSPS) is 17.4. The van der Waals surface area contributed by atoms with Gasteiger partial charge in [-0.25, -0.2) is 9.59 Å². The number of carboxylic acid groups (broad SMARTS) is 2. The SMILES string of the molecule is CC(C)[C@H](C[C@H](O)[C@@H](N)CN1CC(=O)N(c2cccc(Cl)c2)CC1(C)C)C(=O)NCC(C)(C)C(N)=O.O=C(O)/C=C/C(=O)O. The fourth-order valence-electron chi connectivity index (χ4n) is 4.39. The van der Waals surface area contributed by atoms with Gasteiger partial charge >= 0.3 is 11.9 Å². The van der Waals surface area contributed by atoms with Crippen molar-refractivity contribution in [3.63, 3.8) is 0 Å². The number of hydrogen-bond donors (Lipinski definition) is 6. The number of aliphatic hydroxyl groups is 1. The summed E-state index contributed by atoms with van der Waals surface area (Å²) < 4.78 is 0. The fraction of sp³-hybridized carbons (Fsp3) is 0.567. The molecule has 1 fully saturated rings. The van der Waals surface area contributed by atoms with Gasteiger partial charge in [-0.1, -0.05) is 31.5 Å². The van der Waals surface area contributed by atoms with Crippen molar-refractivity contribution in [1.29, 1.82) is 0 Å². The summed E-state index contributed by atoms with van der Waals surface area (Å²) in [5, 5.41) is 29.9. The Morgan fingerprint density at radius 1 is 1.14 bits per heavy atom. The molecule has 8 N–H and O–H groups in total. The standard InChI is InChI=1S/C26H42ClN5O4.C4H4O4/c1-16(2)19(23(35)30-14-25(3,4)24(29)36)11-21(33)20(28)12-31-13-22(34)32(15-26(31,5)6)18-9-7-8-17(27)10-18;5-3(6)1-2-4(7)8/h7-10,16,19-21,33H,11-15,28H2,1-6H3,(H2,29,36)(H,30,35);1-2H,(H,5,6)(H,7,8)/b;2-1+/t19-,20-,21-;/m0./s1. The van der Waals surface area contributed by atoms with E-state index in [-0.39, 0.29) is 37.2 Å². The summed E-state index contributed by atoms with van der Waals surface area (Å²) in [5.41, 5.74) is 11.2. The molecule has 1 aromatic carbocycles. The molecule has 14 heteroatoms. The van der Waals surface area contributed by atoms with Gasteiger partial charge < -0.3 is 37.0 Å². The van der Waals surface area contributed by atoms with Gasteiger partial charge in [-0.2, -0.15) is 0 Å². The van der Waals surface area contributed by atoms with E-state index in [0.29, 0.717) is 30.3 Å². The second kappa shape index (κ2) is 16.5. The van der Waals surface area contributed by atoms with Crippen LogP contribution in [0.25, 0.3) is 0 Å². The lowest BCUT2D eigenvalue weighted by Gasteiger charge is -2.47. The Labute approximate surface area is 263 Å². The molecule has 0 unspecified atom stereocenters. The maximum absolute atomic E-state index is 13.0. The molecule has 2 rings (SSSR count). The Hall–Kier alpha value is -3.52. The number of carboxylic acids is 2. The van der Waals surface area contributed by atoms with Gasteiger partial charge in [0.05, 0.1) is 18.1 Å². The van der Waals surface area contributed by atoms with Crippen molar-refractivity contribution < 1.29 is 39.3 Å². The van der Waals surface area contributed by atoms with Crippen molar-refractivity contribution in [2.75, 3.05) is 31.1 Å². The lowest BCUT2D eigenvalue weighted by molar-refractivity contribution is -0.134. The topological polar surface area (TPSA) is 217 Å². The van der Waals surface area contributed by atoms with E-state index < -0.39 is 46.9 Å². The molecule has 0 saturated carbocycles. The van der Waals surface area contributed by atoms with Gasteiger partial charge in [-0.15, -0.1) is 0 Å². The zero-order valence-electron chi connectivity index (χ0n) is 26.1. The van der Waals surface area contributed by atoms with E-state index in [0.717, 1.165) is 5.69 Å². The van der Waals surface area contributed by atoms with E-state index in [1.807, 2.05) is 44.7 Å². The van der Waals surface area contributed by atoms with Crippen LogP contribution in [0.4, 0.5) is 5.69 Å². The zero-order valence-corrected chi connectivity index (χ0v) is 26.9. The van der Waals surface area contributed by atoms with Crippen LogP contribution >= 0.6 is 11.6 Å². The Kier molecular flexibility index (Phi) is 14.5. The molecule has 0 radical (unpaired) electrons. The van der Waals surface area contributed by atoms with Crippen molar-refractivity contribution in [2.24, 2.45) is 28.7 Å². The summed E-state index contributed by atoms with van der Waals surface area (Å²) in [7, 11) is 0. The number of piperazine rings is 1. The van der Waals surface area contributed by atoms with Crippen LogP contribution in [0.1, 0.15) is 48.0 Å². The van der Waals surface area contributed by atoms with Crippen LogP contribution in [-0.2, 0) is 24.0 Å². The second-order valence-electron chi connectivity index (χ2n) is 12.4. The van der Waals surface area contributed by atoms with E-state index in [1.54, 1.807) is 30.9 Å². The van der Waals surface area contributed by atoms with Gasteiger partial charge in [-0.3, -0.25) is 19.3 Å². The zero-order chi connectivity index (χ0) is 34.0. The van der Waals surface area contributed by atoms with Crippen LogP contribution in [0.5, 0.6) is 0 Å². The third-order valence-corrected chi connectivity index (χ3v) is 7.69.